The number of aromatic nitrogens is 3. The summed E-state index contributed by atoms with van der Waals surface area (Å²) in [5.74, 6) is -3.51. The minimum atomic E-state index is -0.948. The number of rotatable bonds is 15. The predicted octanol–water partition coefficient (Wildman–Crippen LogP) is 20.4. The maximum absolute atomic E-state index is 14.1. The van der Waals surface area contributed by atoms with Crippen LogP contribution in [0.5, 0.6) is 46.0 Å². The summed E-state index contributed by atoms with van der Waals surface area (Å²) in [5, 5.41) is 94.6. The number of aromatic amines is 3. The van der Waals surface area contributed by atoms with Crippen molar-refractivity contribution in [3.05, 3.63) is 262 Å². The quantitative estimate of drug-likeness (QED) is 0.0335. The Morgan fingerprint density at radius 2 is 0.562 bits per heavy atom. The highest BCUT2D eigenvalue weighted by molar-refractivity contribution is 6.31. The van der Waals surface area contributed by atoms with Crippen molar-refractivity contribution in [3.8, 4) is 46.0 Å². The van der Waals surface area contributed by atoms with Crippen molar-refractivity contribution in [1.29, 1.82) is 0 Å². The molecule has 22 nitrogen and oxygen atoms in total. The van der Waals surface area contributed by atoms with Crippen LogP contribution in [0.4, 0.5) is 0 Å². The molecule has 11 N–H and O–H groups in total. The van der Waals surface area contributed by atoms with Gasteiger partial charge in [0.1, 0.15) is 46.0 Å². The van der Waals surface area contributed by atoms with Gasteiger partial charge in [0.25, 0.3) is 0 Å². The Hall–Kier alpha value is -12.6. The van der Waals surface area contributed by atoms with E-state index >= 15 is 0 Å². The second kappa shape index (κ2) is 35.4. The number of H-pyrrole nitrogens is 3. The monoisotopic (exact) mass is 1640 g/mol. The normalized spacial score (nSPS) is 14.8. The number of phenols is 8. The van der Waals surface area contributed by atoms with Crippen LogP contribution in [-0.2, 0) is 38.4 Å². The van der Waals surface area contributed by atoms with Gasteiger partial charge in [-0.1, -0.05) is 119 Å². The van der Waals surface area contributed by atoms with Crippen molar-refractivity contribution < 1.29 is 60.0 Å². The topological polar surface area (TPSA) is 383 Å². The number of hydrogen-bond acceptors (Lipinski definition) is 19. The Kier molecular flexibility index (Phi) is 26.1. The Morgan fingerprint density at radius 1 is 0.322 bits per heavy atom. The van der Waals surface area contributed by atoms with Gasteiger partial charge in [-0.15, -0.1) is 0 Å². The third-order valence-electron chi connectivity index (χ3n) is 24.7. The average Bonchev–Trinajstić information content (AvgIpc) is 1.70. The van der Waals surface area contributed by atoms with E-state index in [2.05, 4.69) is 83.4 Å². The van der Waals surface area contributed by atoms with Crippen molar-refractivity contribution >= 4 is 73.0 Å². The molecule has 0 amide bonds. The number of benzene rings is 7. The molecule has 3 aromatic heterocycles. The van der Waals surface area contributed by atoms with Gasteiger partial charge in [0.05, 0.1) is 52.0 Å². The number of carbonyl (C=O) groups excluding carboxylic acids is 4. The fourth-order valence-electron chi connectivity index (χ4n) is 18.1. The number of phenolic OH excluding ortho intramolecular Hbond substituents is 8. The third-order valence-corrected chi connectivity index (χ3v) is 24.7. The Labute approximate surface area is 704 Å². The van der Waals surface area contributed by atoms with Crippen LogP contribution in [0.3, 0.4) is 0 Å². The van der Waals surface area contributed by atoms with Crippen LogP contribution in [0.15, 0.2) is 139 Å². The summed E-state index contributed by atoms with van der Waals surface area (Å²) in [6.07, 6.45) is 5.06. The van der Waals surface area contributed by atoms with Crippen molar-refractivity contribution in [2.75, 3.05) is 19.6 Å². The van der Waals surface area contributed by atoms with Gasteiger partial charge in [0.15, 0.2) is 23.1 Å². The van der Waals surface area contributed by atoms with E-state index in [-0.39, 0.29) is 127 Å². The maximum atomic E-state index is 14.1. The lowest BCUT2D eigenvalue weighted by Crippen LogP contribution is -2.37. The summed E-state index contributed by atoms with van der Waals surface area (Å²) < 4.78 is 0. The van der Waals surface area contributed by atoms with E-state index in [1.807, 2.05) is 90.0 Å². The molecule has 22 heteroatoms. The number of allylic oxidation sites excluding steroid dienone is 8. The van der Waals surface area contributed by atoms with Gasteiger partial charge < -0.3 is 55.8 Å². The van der Waals surface area contributed by atoms with Crippen molar-refractivity contribution in [2.45, 2.75) is 200 Å². The summed E-state index contributed by atoms with van der Waals surface area (Å²) in [4.78, 5) is 108. The molecule has 10 aromatic rings. The molecule has 7 aromatic carbocycles. The van der Waals surface area contributed by atoms with Crippen LogP contribution < -0.4 is 0 Å². The van der Waals surface area contributed by atoms with E-state index in [0.717, 1.165) is 96.0 Å². The number of nitrogens with zero attached hydrogens (tertiary/aromatic N) is 3. The minimum absolute atomic E-state index is 0.0547. The molecule has 0 radical (unpaired) electrons. The molecule has 0 unspecified atom stereocenters. The summed E-state index contributed by atoms with van der Waals surface area (Å²) >= 11 is 0. The standard InChI is InChI=1S/2C33H38N2O4.C33H34N2O4.2O2/c3*1-15(2)22-13-25(36)18(6)27(32(22)38)29(28-19(7)26(37)14-23(16(3)4)33(28)39)31-30-21(10-11-34-31)20-9-8-17(5)12-24(20)35-30;2*1-2/h2*8-9,12-16,29,35-39H,10-11H2,1-7H3;8-9,12-16,29,35H,10-11H2,1-7H3;;. The molecule has 15 rings (SSSR count). The van der Waals surface area contributed by atoms with E-state index in [1.54, 1.807) is 65.8 Å². The van der Waals surface area contributed by atoms with Gasteiger partial charge in [-0.2, -0.15) is 0 Å². The van der Waals surface area contributed by atoms with Crippen LogP contribution in [0, 0.1) is 86.1 Å². The molecular formula is C99H110N6O16. The lowest BCUT2D eigenvalue weighted by molar-refractivity contribution is -0.117. The molecule has 121 heavy (non-hydrogen) atoms. The van der Waals surface area contributed by atoms with E-state index in [9.17, 15) is 60.0 Å². The minimum Gasteiger partial charge on any atom is -0.508 e. The maximum Gasteiger partial charge on any atom is 0.186 e. The molecule has 0 atom stereocenters. The zero-order chi connectivity index (χ0) is 89.0. The van der Waals surface area contributed by atoms with Crippen molar-refractivity contribution in [1.82, 2.24) is 15.0 Å². The Morgan fingerprint density at radius 3 is 0.793 bits per heavy atom. The highest BCUT2D eigenvalue weighted by Gasteiger charge is 2.46. The van der Waals surface area contributed by atoms with E-state index in [0.29, 0.717) is 121 Å². The summed E-state index contributed by atoms with van der Waals surface area (Å²) in [6, 6.07) is 25.3. The lowest BCUT2D eigenvalue weighted by atomic mass is 9.69. The van der Waals surface area contributed by atoms with Crippen LogP contribution >= 0.6 is 0 Å². The third kappa shape index (κ3) is 16.1. The number of ketones is 4. The Balaban J connectivity index is 0.000000174. The molecule has 2 aliphatic carbocycles. The summed E-state index contributed by atoms with van der Waals surface area (Å²) in [5.41, 5.74) is 22.4. The zero-order valence-corrected chi connectivity index (χ0v) is 72.8. The SMILES string of the molecule is CC1=C(C(C2=NCCc3c2[nH]c2cc(C)ccc32)C2=C(C)C(=O)C=C(C(C)C)C2=O)C(=O)C(C(C)C)=CC1=O.Cc1ccc2c3c([nH]c2c1)C(C(c1c(C)c(O)cc(C(C)C)c1O)c1c(C)c(O)cc(C(C)C)c1O)=NCC3.Cc1ccc2c3c([nH]c2c1)C(C(c1c(C)c(O)cc(C(C)C)c1O)c1c(C)c(O)cc(C(C)C)c1O)=NCC3.O=O.O=O. The van der Waals surface area contributed by atoms with Gasteiger partial charge >= 0.3 is 0 Å². The van der Waals surface area contributed by atoms with Gasteiger partial charge in [-0.25, -0.2) is 0 Å². The first-order chi connectivity index (χ1) is 57.2. The van der Waals surface area contributed by atoms with Crippen molar-refractivity contribution in [3.63, 3.8) is 0 Å². The molecule has 3 aliphatic heterocycles. The van der Waals surface area contributed by atoms with E-state index in [4.69, 9.17) is 34.8 Å². The molecule has 632 valence electrons. The lowest BCUT2D eigenvalue weighted by Gasteiger charge is -2.32. The highest BCUT2D eigenvalue weighted by atomic mass is 16.7. The van der Waals surface area contributed by atoms with Gasteiger partial charge in [-0.3, -0.25) is 34.2 Å². The van der Waals surface area contributed by atoms with Gasteiger partial charge in [0, 0.05) is 150 Å². The van der Waals surface area contributed by atoms with Crippen LogP contribution in [0.1, 0.15) is 250 Å². The first-order valence-corrected chi connectivity index (χ1v) is 41.3. The largest absolute Gasteiger partial charge is 0.508 e. The number of aliphatic imine (C=N–C) groups is 3. The second-order valence-corrected chi connectivity index (χ2v) is 34.5. The number of hydrogen-bond donors (Lipinski definition) is 11. The van der Waals surface area contributed by atoms with Crippen molar-refractivity contribution in [2.24, 2.45) is 32.7 Å². The number of Topliss-reactive ketones (excluding diaryl/α,β-unsaturated/α-hetero) is 2. The summed E-state index contributed by atoms with van der Waals surface area (Å²) in [7, 11) is 0. The highest BCUT2D eigenvalue weighted by Crippen LogP contribution is 2.54. The molecule has 0 bridgehead atoms. The van der Waals surface area contributed by atoms with Gasteiger partial charge in [-0.05, 0) is 227 Å². The predicted molar refractivity (Wildman–Crippen MR) is 481 cm³/mol. The first kappa shape index (κ1) is 89.2. The molecule has 0 spiro atoms. The second-order valence-electron chi connectivity index (χ2n) is 34.5. The number of nitrogens with one attached hydrogen (secondary N) is 3. The molecular weight excluding hydrogens is 1530 g/mol. The smallest absolute Gasteiger partial charge is 0.186 e. The molecule has 5 aliphatic rings. The number of aryl methyl sites for hydroxylation is 3. The molecule has 0 saturated carbocycles. The van der Waals surface area contributed by atoms with Gasteiger partial charge in [0.2, 0.25) is 0 Å². The number of fused-ring (bicyclic) bond motifs is 9. The molecule has 6 heterocycles. The zero-order valence-electron chi connectivity index (χ0n) is 72.8. The van der Waals surface area contributed by atoms with Crippen LogP contribution in [-0.4, -0.2) is 116 Å². The van der Waals surface area contributed by atoms with Crippen LogP contribution in [0.25, 0.3) is 32.7 Å². The molecule has 0 fully saturated rings. The van der Waals surface area contributed by atoms with Crippen LogP contribution in [0.2, 0.25) is 0 Å². The number of aromatic hydroxyl groups is 8. The fraction of sp³-hybridized carbons (Fsp3) is 0.364. The first-order valence-electron chi connectivity index (χ1n) is 41.3. The van der Waals surface area contributed by atoms with E-state index < -0.39 is 17.8 Å². The number of carbonyl (C=O) groups is 4. The average molecular weight is 1640 g/mol. The summed E-state index contributed by atoms with van der Waals surface area (Å²) in [6.45, 7) is 41.3. The fourth-order valence-corrected chi connectivity index (χ4v) is 18.1. The Bertz CT molecular complexity index is 5700. The van der Waals surface area contributed by atoms with E-state index in [1.165, 1.54) is 12.2 Å². The molecule has 0 saturated heterocycles.